The number of benzene rings is 1. The molecular formula is C13H13Cl2N3O4. The maximum absolute atomic E-state index is 11.8. The lowest BCUT2D eigenvalue weighted by Crippen LogP contribution is -2.42. The van der Waals surface area contributed by atoms with E-state index in [2.05, 4.69) is 5.32 Å². The summed E-state index contributed by atoms with van der Waals surface area (Å²) < 4.78 is 4.77. The predicted octanol–water partition coefficient (Wildman–Crippen LogP) is 1.72. The largest absolute Gasteiger partial charge is 0.452 e. The molecule has 0 unspecified atom stereocenters. The second-order valence-electron chi connectivity index (χ2n) is 4.72. The first kappa shape index (κ1) is 16.4. The van der Waals surface area contributed by atoms with E-state index < -0.39 is 24.5 Å². The molecule has 2 rings (SSSR count). The first-order valence-electron chi connectivity index (χ1n) is 6.39. The molecule has 0 aromatic heterocycles. The van der Waals surface area contributed by atoms with Gasteiger partial charge in [-0.25, -0.2) is 9.59 Å². The minimum Gasteiger partial charge on any atom is -0.452 e. The van der Waals surface area contributed by atoms with Gasteiger partial charge in [0.2, 0.25) is 0 Å². The number of urea groups is 1. The van der Waals surface area contributed by atoms with Gasteiger partial charge in [-0.2, -0.15) is 0 Å². The van der Waals surface area contributed by atoms with Crippen LogP contribution >= 0.6 is 23.2 Å². The Hall–Kier alpha value is -1.99. The van der Waals surface area contributed by atoms with Crippen molar-refractivity contribution < 1.29 is 19.1 Å². The molecule has 1 fully saturated rings. The van der Waals surface area contributed by atoms with Gasteiger partial charge in [0.1, 0.15) is 0 Å². The molecule has 3 amide bonds. The van der Waals surface area contributed by atoms with E-state index in [1.54, 1.807) is 0 Å². The zero-order valence-corrected chi connectivity index (χ0v) is 12.8. The number of halogens is 2. The van der Waals surface area contributed by atoms with Crippen LogP contribution in [-0.2, 0) is 9.53 Å². The van der Waals surface area contributed by atoms with Gasteiger partial charge in [-0.1, -0.05) is 23.2 Å². The zero-order chi connectivity index (χ0) is 16.3. The van der Waals surface area contributed by atoms with Crippen LogP contribution in [0.4, 0.5) is 10.5 Å². The van der Waals surface area contributed by atoms with Crippen LogP contribution in [0.5, 0.6) is 0 Å². The summed E-state index contributed by atoms with van der Waals surface area (Å²) in [5, 5.41) is 4.92. The summed E-state index contributed by atoms with van der Waals surface area (Å²) in [6.45, 7) is -0.625. The Morgan fingerprint density at radius 2 is 1.95 bits per heavy atom. The molecule has 0 aliphatic heterocycles. The molecular weight excluding hydrogens is 333 g/mol. The lowest BCUT2D eigenvalue weighted by molar-refractivity contribution is -0.123. The molecule has 0 bridgehead atoms. The monoisotopic (exact) mass is 345 g/mol. The molecule has 1 saturated carbocycles. The Morgan fingerprint density at radius 1 is 1.27 bits per heavy atom. The molecule has 0 spiro atoms. The molecule has 1 aliphatic carbocycles. The average Bonchev–Trinajstić information content (AvgIpc) is 3.23. The highest BCUT2D eigenvalue weighted by Gasteiger charge is 2.24. The summed E-state index contributed by atoms with van der Waals surface area (Å²) in [6.07, 6.45) is 1.79. The summed E-state index contributed by atoms with van der Waals surface area (Å²) >= 11 is 11.6. The lowest BCUT2D eigenvalue weighted by atomic mass is 10.2. The van der Waals surface area contributed by atoms with E-state index in [9.17, 15) is 14.4 Å². The van der Waals surface area contributed by atoms with Gasteiger partial charge in [0, 0.05) is 11.1 Å². The van der Waals surface area contributed by atoms with E-state index in [1.807, 2.05) is 5.32 Å². The van der Waals surface area contributed by atoms with Gasteiger partial charge >= 0.3 is 12.0 Å². The van der Waals surface area contributed by atoms with Gasteiger partial charge in [0.25, 0.3) is 5.91 Å². The maximum Gasteiger partial charge on any atom is 0.340 e. The highest BCUT2D eigenvalue weighted by molar-refractivity contribution is 6.37. The second kappa shape index (κ2) is 6.85. The molecule has 1 aliphatic rings. The van der Waals surface area contributed by atoms with Crippen molar-refractivity contribution >= 4 is 46.8 Å². The first-order valence-corrected chi connectivity index (χ1v) is 7.14. The van der Waals surface area contributed by atoms with Crippen molar-refractivity contribution in [3.8, 4) is 0 Å². The van der Waals surface area contributed by atoms with Gasteiger partial charge in [0.05, 0.1) is 16.3 Å². The van der Waals surface area contributed by atoms with E-state index in [-0.39, 0.29) is 27.3 Å². The predicted molar refractivity (Wildman–Crippen MR) is 80.9 cm³/mol. The van der Waals surface area contributed by atoms with E-state index >= 15 is 0 Å². The van der Waals surface area contributed by atoms with Crippen molar-refractivity contribution in [1.29, 1.82) is 0 Å². The van der Waals surface area contributed by atoms with Crippen LogP contribution in [0.1, 0.15) is 23.2 Å². The van der Waals surface area contributed by atoms with Crippen LogP contribution in [0, 0.1) is 0 Å². The molecule has 0 heterocycles. The topological polar surface area (TPSA) is 111 Å². The second-order valence-corrected chi connectivity index (χ2v) is 5.56. The molecule has 0 atom stereocenters. The number of hydrogen-bond acceptors (Lipinski definition) is 5. The maximum atomic E-state index is 11.8. The van der Waals surface area contributed by atoms with Crippen molar-refractivity contribution in [3.05, 3.63) is 27.7 Å². The van der Waals surface area contributed by atoms with Gasteiger partial charge in [-0.15, -0.1) is 0 Å². The van der Waals surface area contributed by atoms with E-state index in [0.29, 0.717) is 0 Å². The van der Waals surface area contributed by atoms with Crippen LogP contribution in [-0.4, -0.2) is 30.6 Å². The first-order chi connectivity index (χ1) is 10.4. The molecule has 0 radical (unpaired) electrons. The fraction of sp³-hybridized carbons (Fsp3) is 0.308. The Kier molecular flexibility index (Phi) is 5.10. The van der Waals surface area contributed by atoms with Crippen LogP contribution in [0.3, 0.4) is 0 Å². The number of anilines is 1. The number of nitrogens with one attached hydrogen (secondary N) is 2. The van der Waals surface area contributed by atoms with Crippen LogP contribution in [0.2, 0.25) is 10.0 Å². The Morgan fingerprint density at radius 3 is 2.59 bits per heavy atom. The third-order valence-corrected chi connectivity index (χ3v) is 3.35. The van der Waals surface area contributed by atoms with Crippen LogP contribution in [0.25, 0.3) is 0 Å². The fourth-order valence-electron chi connectivity index (χ4n) is 1.57. The fourth-order valence-corrected chi connectivity index (χ4v) is 2.07. The summed E-state index contributed by atoms with van der Waals surface area (Å²) in [5.41, 5.74) is 5.60. The van der Waals surface area contributed by atoms with Gasteiger partial charge in [0.15, 0.2) is 6.61 Å². The molecule has 0 saturated heterocycles. The SMILES string of the molecule is Nc1c(Cl)cc(Cl)cc1C(=O)OCC(=O)NC(=O)NC1CC1. The van der Waals surface area contributed by atoms with Crippen LogP contribution < -0.4 is 16.4 Å². The highest BCUT2D eigenvalue weighted by atomic mass is 35.5. The summed E-state index contributed by atoms with van der Waals surface area (Å²) in [6, 6.07) is 2.16. The molecule has 1 aromatic carbocycles. The summed E-state index contributed by atoms with van der Waals surface area (Å²) in [5.74, 6) is -1.61. The number of carbonyl (C=O) groups excluding carboxylic acids is 3. The molecule has 22 heavy (non-hydrogen) atoms. The average molecular weight is 346 g/mol. The van der Waals surface area contributed by atoms with Crippen molar-refractivity contribution in [1.82, 2.24) is 10.6 Å². The zero-order valence-electron chi connectivity index (χ0n) is 11.3. The molecule has 118 valence electrons. The number of imide groups is 1. The van der Waals surface area contributed by atoms with E-state index in [0.717, 1.165) is 12.8 Å². The van der Waals surface area contributed by atoms with Gasteiger partial charge in [-0.3, -0.25) is 10.1 Å². The minimum absolute atomic E-state index is 0.00273. The lowest BCUT2D eigenvalue weighted by Gasteiger charge is -2.09. The third kappa shape index (κ3) is 4.51. The number of nitrogen functional groups attached to an aromatic ring is 1. The number of nitrogens with two attached hydrogens (primary N) is 1. The molecule has 1 aromatic rings. The third-order valence-electron chi connectivity index (χ3n) is 2.81. The highest BCUT2D eigenvalue weighted by Crippen LogP contribution is 2.28. The van der Waals surface area contributed by atoms with E-state index in [1.165, 1.54) is 12.1 Å². The molecule has 9 heteroatoms. The number of ether oxygens (including phenoxy) is 1. The number of esters is 1. The Balaban J connectivity index is 1.86. The summed E-state index contributed by atoms with van der Waals surface area (Å²) in [4.78, 5) is 34.6. The van der Waals surface area contributed by atoms with Crippen LogP contribution in [0.15, 0.2) is 12.1 Å². The Labute approximate surface area is 136 Å². The Bertz CT molecular complexity index is 632. The van der Waals surface area contributed by atoms with Crippen molar-refractivity contribution in [3.63, 3.8) is 0 Å². The number of amides is 3. The van der Waals surface area contributed by atoms with Gasteiger partial charge < -0.3 is 15.8 Å². The number of rotatable bonds is 4. The van der Waals surface area contributed by atoms with Crippen molar-refractivity contribution in [2.24, 2.45) is 0 Å². The smallest absolute Gasteiger partial charge is 0.340 e. The number of carbonyl (C=O) groups is 3. The minimum atomic E-state index is -0.861. The molecule has 7 nitrogen and oxygen atoms in total. The molecule has 4 N–H and O–H groups in total. The normalized spacial score (nSPS) is 13.4. The number of hydrogen-bond donors (Lipinski definition) is 3. The van der Waals surface area contributed by atoms with Crippen molar-refractivity contribution in [2.45, 2.75) is 18.9 Å². The summed E-state index contributed by atoms with van der Waals surface area (Å²) in [7, 11) is 0. The quantitative estimate of drug-likeness (QED) is 0.568. The van der Waals surface area contributed by atoms with Crippen molar-refractivity contribution in [2.75, 3.05) is 12.3 Å². The standard InChI is InChI=1S/C13H13Cl2N3O4/c14-6-3-8(11(16)9(15)4-6)12(20)22-5-10(19)18-13(21)17-7-1-2-7/h3-4,7H,1-2,5,16H2,(H2,17,18,19,21). The van der Waals surface area contributed by atoms with Gasteiger partial charge in [-0.05, 0) is 25.0 Å². The van der Waals surface area contributed by atoms with E-state index in [4.69, 9.17) is 33.7 Å².